The zero-order chi connectivity index (χ0) is 14.8. The lowest BCUT2D eigenvalue weighted by atomic mass is 10.1. The molecule has 0 amide bonds. The van der Waals surface area contributed by atoms with Gasteiger partial charge in [0.1, 0.15) is 11.8 Å². The predicted octanol–water partition coefficient (Wildman–Crippen LogP) is 0.824. The van der Waals surface area contributed by atoms with Crippen LogP contribution in [0.1, 0.15) is 24.1 Å². The van der Waals surface area contributed by atoms with E-state index < -0.39 is 22.0 Å². The van der Waals surface area contributed by atoms with Crippen LogP contribution in [0.15, 0.2) is 6.07 Å². The summed E-state index contributed by atoms with van der Waals surface area (Å²) in [6, 6.07) is 0.475. The van der Waals surface area contributed by atoms with E-state index in [0.29, 0.717) is 23.1 Å². The van der Waals surface area contributed by atoms with Gasteiger partial charge in [-0.15, -0.1) is 0 Å². The number of carbonyl (C=O) groups is 1. The summed E-state index contributed by atoms with van der Waals surface area (Å²) >= 11 is 1.02. The fraction of sp³-hybridized carbons (Fsp3) is 0.636. The van der Waals surface area contributed by atoms with Crippen LogP contribution < -0.4 is 9.46 Å². The number of carboxylic acids is 1. The second-order valence-electron chi connectivity index (χ2n) is 4.78. The van der Waals surface area contributed by atoms with E-state index in [1.807, 2.05) is 0 Å². The van der Waals surface area contributed by atoms with Crippen LogP contribution >= 0.6 is 11.5 Å². The maximum absolute atomic E-state index is 12.0. The number of hydrogen-bond donors (Lipinski definition) is 2. The standard InChI is InChI=1S/C11H16N2O5S2/c1-18-10-5-8(19-12-10)6-20(16,17)13-9(11(14)15)4-7-2-3-7/h5,7,9,13H,2-4,6H2,1H3,(H,14,15). The Bertz CT molecular complexity index is 579. The average Bonchev–Trinajstić information content (AvgIpc) is 3.06. The third kappa shape index (κ3) is 4.43. The van der Waals surface area contributed by atoms with Crippen molar-refractivity contribution < 1.29 is 23.1 Å². The van der Waals surface area contributed by atoms with E-state index in [2.05, 4.69) is 9.10 Å². The minimum atomic E-state index is -3.71. The van der Waals surface area contributed by atoms with Crippen LogP contribution in [0.2, 0.25) is 0 Å². The molecular formula is C11H16N2O5S2. The zero-order valence-electron chi connectivity index (χ0n) is 10.9. The molecule has 0 aromatic carbocycles. The summed E-state index contributed by atoms with van der Waals surface area (Å²) in [5.74, 6) is -0.750. The number of aliphatic carboxylic acids is 1. The molecular weight excluding hydrogens is 304 g/mol. The lowest BCUT2D eigenvalue weighted by molar-refractivity contribution is -0.139. The lowest BCUT2D eigenvalue weighted by Crippen LogP contribution is -2.41. The molecule has 0 radical (unpaired) electrons. The van der Waals surface area contributed by atoms with E-state index in [0.717, 1.165) is 24.4 Å². The third-order valence-electron chi connectivity index (χ3n) is 2.96. The van der Waals surface area contributed by atoms with Gasteiger partial charge in [0.15, 0.2) is 0 Å². The number of ether oxygens (including phenoxy) is 1. The summed E-state index contributed by atoms with van der Waals surface area (Å²) in [6.45, 7) is 0. The maximum Gasteiger partial charge on any atom is 0.321 e. The Morgan fingerprint density at radius 3 is 2.85 bits per heavy atom. The van der Waals surface area contributed by atoms with Crippen LogP contribution in [0.25, 0.3) is 0 Å². The Labute approximate surface area is 121 Å². The lowest BCUT2D eigenvalue weighted by Gasteiger charge is -2.13. The minimum Gasteiger partial charge on any atom is -0.480 e. The van der Waals surface area contributed by atoms with Gasteiger partial charge >= 0.3 is 5.97 Å². The van der Waals surface area contributed by atoms with Gasteiger partial charge in [-0.25, -0.2) is 13.1 Å². The molecule has 9 heteroatoms. The van der Waals surface area contributed by atoms with Gasteiger partial charge in [0.2, 0.25) is 15.9 Å². The van der Waals surface area contributed by atoms with Crippen molar-refractivity contribution in [1.29, 1.82) is 0 Å². The monoisotopic (exact) mass is 320 g/mol. The summed E-state index contributed by atoms with van der Waals surface area (Å²) < 4.78 is 35.0. The summed E-state index contributed by atoms with van der Waals surface area (Å²) in [6.07, 6.45) is 2.29. The number of sulfonamides is 1. The van der Waals surface area contributed by atoms with E-state index in [9.17, 15) is 13.2 Å². The highest BCUT2D eigenvalue weighted by Crippen LogP contribution is 2.33. The molecule has 2 rings (SSSR count). The molecule has 1 aromatic rings. The second kappa shape index (κ2) is 6.06. The molecule has 1 aromatic heterocycles. The van der Waals surface area contributed by atoms with Crippen LogP contribution in [-0.4, -0.2) is 37.0 Å². The van der Waals surface area contributed by atoms with Crippen LogP contribution in [0.4, 0.5) is 0 Å². The average molecular weight is 320 g/mol. The number of nitrogens with zero attached hydrogens (tertiary/aromatic N) is 1. The van der Waals surface area contributed by atoms with Gasteiger partial charge < -0.3 is 9.84 Å². The Balaban J connectivity index is 1.99. The van der Waals surface area contributed by atoms with Crippen molar-refractivity contribution in [2.24, 2.45) is 5.92 Å². The molecule has 1 unspecified atom stereocenters. The first-order valence-electron chi connectivity index (χ1n) is 6.12. The molecule has 1 fully saturated rings. The fourth-order valence-electron chi connectivity index (χ4n) is 1.79. The van der Waals surface area contributed by atoms with Crippen molar-refractivity contribution in [3.8, 4) is 5.88 Å². The van der Waals surface area contributed by atoms with Gasteiger partial charge in [-0.05, 0) is 23.9 Å². The minimum absolute atomic E-state index is 0.289. The van der Waals surface area contributed by atoms with Crippen LogP contribution in [0.3, 0.4) is 0 Å². The number of hydrogen-bond acceptors (Lipinski definition) is 6. The van der Waals surface area contributed by atoms with E-state index in [1.165, 1.54) is 13.2 Å². The third-order valence-corrected chi connectivity index (χ3v) is 5.25. The topological polar surface area (TPSA) is 106 Å². The molecule has 0 saturated heterocycles. The molecule has 1 atom stereocenters. The van der Waals surface area contributed by atoms with Gasteiger partial charge in [-0.1, -0.05) is 12.8 Å². The van der Waals surface area contributed by atoms with Crippen LogP contribution in [0.5, 0.6) is 5.88 Å². The van der Waals surface area contributed by atoms with Gasteiger partial charge in [-0.3, -0.25) is 4.79 Å². The quantitative estimate of drug-likeness (QED) is 0.735. The van der Waals surface area contributed by atoms with Gasteiger partial charge in [-0.2, -0.15) is 4.37 Å². The molecule has 20 heavy (non-hydrogen) atoms. The smallest absolute Gasteiger partial charge is 0.321 e. The highest BCUT2D eigenvalue weighted by Gasteiger charge is 2.32. The van der Waals surface area contributed by atoms with Crippen molar-refractivity contribution in [2.75, 3.05) is 7.11 Å². The first-order valence-corrected chi connectivity index (χ1v) is 8.54. The number of carboxylic acid groups (broad SMARTS) is 1. The summed E-state index contributed by atoms with van der Waals surface area (Å²) in [4.78, 5) is 11.6. The molecule has 1 aliphatic carbocycles. The Kier molecular flexibility index (Phi) is 4.61. The normalized spacial score (nSPS) is 16.9. The predicted molar refractivity (Wildman–Crippen MR) is 73.2 cm³/mol. The molecule has 1 heterocycles. The molecule has 112 valence electrons. The number of rotatable bonds is 8. The zero-order valence-corrected chi connectivity index (χ0v) is 12.5. The van der Waals surface area contributed by atoms with E-state index in [-0.39, 0.29) is 5.75 Å². The number of aromatic nitrogens is 1. The molecule has 0 aliphatic heterocycles. The first kappa shape index (κ1) is 15.2. The molecule has 0 spiro atoms. The summed E-state index contributed by atoms with van der Waals surface area (Å²) in [5, 5.41) is 9.06. The summed E-state index contributed by atoms with van der Waals surface area (Å²) in [7, 11) is -2.26. The van der Waals surface area contributed by atoms with Crippen molar-refractivity contribution in [3.05, 3.63) is 10.9 Å². The Morgan fingerprint density at radius 1 is 1.65 bits per heavy atom. The molecule has 0 bridgehead atoms. The Hall–Kier alpha value is -1.19. The van der Waals surface area contributed by atoms with Crippen molar-refractivity contribution in [2.45, 2.75) is 31.1 Å². The maximum atomic E-state index is 12.0. The highest BCUT2D eigenvalue weighted by molar-refractivity contribution is 7.88. The van der Waals surface area contributed by atoms with E-state index in [1.54, 1.807) is 0 Å². The largest absolute Gasteiger partial charge is 0.480 e. The highest BCUT2D eigenvalue weighted by atomic mass is 32.2. The fourth-order valence-corrected chi connectivity index (χ4v) is 4.13. The first-order chi connectivity index (χ1) is 9.39. The van der Waals surface area contributed by atoms with Crippen LogP contribution in [-0.2, 0) is 20.6 Å². The molecule has 1 saturated carbocycles. The number of nitrogens with one attached hydrogen (secondary N) is 1. The van der Waals surface area contributed by atoms with Gasteiger partial charge in [0, 0.05) is 10.9 Å². The van der Waals surface area contributed by atoms with Crippen LogP contribution in [0, 0.1) is 5.92 Å². The molecule has 2 N–H and O–H groups in total. The van der Waals surface area contributed by atoms with Gasteiger partial charge in [0.25, 0.3) is 0 Å². The summed E-state index contributed by atoms with van der Waals surface area (Å²) in [5.41, 5.74) is 0. The Morgan fingerprint density at radius 2 is 2.35 bits per heavy atom. The van der Waals surface area contributed by atoms with E-state index in [4.69, 9.17) is 9.84 Å². The van der Waals surface area contributed by atoms with Crippen molar-refractivity contribution in [1.82, 2.24) is 9.10 Å². The SMILES string of the molecule is COc1cc(CS(=O)(=O)NC(CC2CC2)C(=O)O)sn1. The second-order valence-corrected chi connectivity index (χ2v) is 7.43. The molecule has 1 aliphatic rings. The molecule has 7 nitrogen and oxygen atoms in total. The van der Waals surface area contributed by atoms with E-state index >= 15 is 0 Å². The van der Waals surface area contributed by atoms with Crippen molar-refractivity contribution in [3.63, 3.8) is 0 Å². The van der Waals surface area contributed by atoms with Crippen molar-refractivity contribution >= 4 is 27.5 Å². The number of methoxy groups -OCH3 is 1. The van der Waals surface area contributed by atoms with Gasteiger partial charge in [0.05, 0.1) is 7.11 Å².